The van der Waals surface area contributed by atoms with Gasteiger partial charge in [-0.05, 0) is 49.4 Å². The number of hydrogen-bond donors (Lipinski definition) is 0. The van der Waals surface area contributed by atoms with E-state index in [1.54, 1.807) is 6.07 Å². The van der Waals surface area contributed by atoms with Gasteiger partial charge in [-0.2, -0.15) is 0 Å². The second kappa shape index (κ2) is 6.62. The Bertz CT molecular complexity index is 731. The Morgan fingerprint density at radius 1 is 1.13 bits per heavy atom. The first kappa shape index (κ1) is 15.9. The lowest BCUT2D eigenvalue weighted by Crippen LogP contribution is -2.30. The summed E-state index contributed by atoms with van der Waals surface area (Å²) < 4.78 is 28.2. The van der Waals surface area contributed by atoms with E-state index in [9.17, 15) is 13.6 Å². The zero-order valence-corrected chi connectivity index (χ0v) is 13.1. The lowest BCUT2D eigenvalue weighted by Gasteiger charge is -2.24. The summed E-state index contributed by atoms with van der Waals surface area (Å²) in [6.07, 6.45) is 3.84. The highest BCUT2D eigenvalue weighted by atomic mass is 35.5. The van der Waals surface area contributed by atoms with Gasteiger partial charge in [0.1, 0.15) is 29.0 Å². The van der Waals surface area contributed by atoms with Crippen molar-refractivity contribution in [2.75, 3.05) is 10.8 Å². The predicted molar refractivity (Wildman–Crippen MR) is 85.1 cm³/mol. The van der Waals surface area contributed by atoms with E-state index in [-0.39, 0.29) is 5.82 Å². The van der Waals surface area contributed by atoms with Crippen LogP contribution in [0.5, 0.6) is 0 Å². The Morgan fingerprint density at radius 2 is 1.83 bits per heavy atom. The smallest absolute Gasteiger partial charge is 0.247 e. The van der Waals surface area contributed by atoms with Crippen LogP contribution in [0.25, 0.3) is 0 Å². The minimum atomic E-state index is -0.831. The molecular formula is C17H15ClF2N2O. The number of pyridine rings is 1. The van der Waals surface area contributed by atoms with Crippen LogP contribution in [0, 0.1) is 11.6 Å². The maximum atomic E-state index is 14.1. The van der Waals surface area contributed by atoms with Gasteiger partial charge in [-0.1, -0.05) is 12.1 Å². The quantitative estimate of drug-likeness (QED) is 0.789. The molecule has 2 aromatic rings. The Hall–Kier alpha value is -2.01. The number of carbonyl (C=O) groups excluding carboxylic acids is 1. The molecule has 0 saturated carbocycles. The molecule has 0 atom stereocenters. The molecule has 0 fully saturated rings. The van der Waals surface area contributed by atoms with Crippen LogP contribution < -0.4 is 4.90 Å². The lowest BCUT2D eigenvalue weighted by molar-refractivity contribution is -0.115. The molecule has 23 heavy (non-hydrogen) atoms. The number of nitrogens with zero attached hydrogens (tertiary/aromatic N) is 2. The first-order valence-corrected chi connectivity index (χ1v) is 7.97. The van der Waals surface area contributed by atoms with Gasteiger partial charge in [0, 0.05) is 5.69 Å². The average Bonchev–Trinajstić information content (AvgIpc) is 2.57. The molecule has 0 radical (unpaired) electrons. The molecular weight excluding hydrogens is 322 g/mol. The van der Waals surface area contributed by atoms with Crippen LogP contribution in [0.15, 0.2) is 30.3 Å². The van der Waals surface area contributed by atoms with E-state index in [0.717, 1.165) is 54.0 Å². The molecule has 1 heterocycles. The first-order valence-electron chi connectivity index (χ1n) is 7.43. The molecule has 1 aliphatic rings. The number of aryl methyl sites for hydroxylation is 2. The number of rotatable bonds is 3. The molecule has 0 unspecified atom stereocenters. The molecule has 6 heteroatoms. The Morgan fingerprint density at radius 3 is 2.52 bits per heavy atom. The Balaban J connectivity index is 2.12. The van der Waals surface area contributed by atoms with Crippen LogP contribution in [0.2, 0.25) is 0 Å². The van der Waals surface area contributed by atoms with Gasteiger partial charge in [0.2, 0.25) is 5.91 Å². The van der Waals surface area contributed by atoms with Gasteiger partial charge in [0.05, 0.1) is 0 Å². The minimum Gasteiger partial charge on any atom is -0.273 e. The normalized spacial score (nSPS) is 13.5. The molecule has 3 rings (SSSR count). The largest absolute Gasteiger partial charge is 0.273 e. The van der Waals surface area contributed by atoms with Crippen molar-refractivity contribution in [2.45, 2.75) is 25.7 Å². The van der Waals surface area contributed by atoms with Gasteiger partial charge >= 0.3 is 0 Å². The number of carbonyl (C=O) groups is 1. The average molecular weight is 337 g/mol. The fourth-order valence-corrected chi connectivity index (χ4v) is 2.94. The first-order chi connectivity index (χ1) is 11.1. The SMILES string of the molecule is O=C(CCl)N(c1ccc2c(n1)CCCC2)c1c(F)cccc1F. The highest BCUT2D eigenvalue weighted by Gasteiger charge is 2.26. The van der Waals surface area contributed by atoms with Crippen molar-refractivity contribution in [1.29, 1.82) is 0 Å². The van der Waals surface area contributed by atoms with E-state index in [4.69, 9.17) is 11.6 Å². The molecule has 0 N–H and O–H groups in total. The van der Waals surface area contributed by atoms with E-state index in [2.05, 4.69) is 4.98 Å². The van der Waals surface area contributed by atoms with Crippen LogP contribution in [0.1, 0.15) is 24.1 Å². The summed E-state index contributed by atoms with van der Waals surface area (Å²) in [5.41, 5.74) is 1.55. The van der Waals surface area contributed by atoms with Crippen LogP contribution in [-0.2, 0) is 17.6 Å². The third-order valence-electron chi connectivity index (χ3n) is 3.92. The minimum absolute atomic E-state index is 0.195. The van der Waals surface area contributed by atoms with Crippen molar-refractivity contribution in [3.05, 3.63) is 53.2 Å². The maximum absolute atomic E-state index is 14.1. The zero-order valence-electron chi connectivity index (χ0n) is 12.4. The predicted octanol–water partition coefficient (Wildman–Crippen LogP) is 4.14. The van der Waals surface area contributed by atoms with Gasteiger partial charge in [0.25, 0.3) is 0 Å². The Kier molecular flexibility index (Phi) is 4.57. The van der Waals surface area contributed by atoms with Crippen molar-refractivity contribution in [1.82, 2.24) is 4.98 Å². The number of alkyl halides is 1. The number of hydrogen-bond acceptors (Lipinski definition) is 2. The van der Waals surface area contributed by atoms with Crippen molar-refractivity contribution < 1.29 is 13.6 Å². The molecule has 3 nitrogen and oxygen atoms in total. The van der Waals surface area contributed by atoms with Gasteiger partial charge in [-0.3, -0.25) is 9.69 Å². The van der Waals surface area contributed by atoms with Gasteiger partial charge in [-0.15, -0.1) is 11.6 Å². The fraction of sp³-hybridized carbons (Fsp3) is 0.294. The molecule has 0 bridgehead atoms. The van der Waals surface area contributed by atoms with Crippen molar-refractivity contribution in [3.63, 3.8) is 0 Å². The van der Waals surface area contributed by atoms with Gasteiger partial charge in [-0.25, -0.2) is 13.8 Å². The van der Waals surface area contributed by atoms with E-state index >= 15 is 0 Å². The maximum Gasteiger partial charge on any atom is 0.247 e. The molecule has 1 aromatic heterocycles. The molecule has 0 saturated heterocycles. The topological polar surface area (TPSA) is 33.2 Å². The summed E-state index contributed by atoms with van der Waals surface area (Å²) >= 11 is 5.63. The van der Waals surface area contributed by atoms with E-state index < -0.39 is 29.1 Å². The number of fused-ring (bicyclic) bond motifs is 1. The number of anilines is 2. The monoisotopic (exact) mass is 336 g/mol. The summed E-state index contributed by atoms with van der Waals surface area (Å²) in [6, 6.07) is 6.93. The third-order valence-corrected chi connectivity index (χ3v) is 4.15. The van der Waals surface area contributed by atoms with Crippen molar-refractivity contribution >= 4 is 29.0 Å². The second-order valence-electron chi connectivity index (χ2n) is 5.42. The lowest BCUT2D eigenvalue weighted by atomic mass is 9.96. The summed E-state index contributed by atoms with van der Waals surface area (Å²) in [4.78, 5) is 17.6. The molecule has 1 aromatic carbocycles. The summed E-state index contributed by atoms with van der Waals surface area (Å²) in [5, 5.41) is 0. The van der Waals surface area contributed by atoms with Gasteiger partial charge < -0.3 is 0 Å². The number of amides is 1. The number of benzene rings is 1. The summed E-state index contributed by atoms with van der Waals surface area (Å²) in [6.45, 7) is 0. The van der Waals surface area contributed by atoms with Gasteiger partial charge in [0.15, 0.2) is 0 Å². The standard InChI is InChI=1S/C17H15ClF2N2O/c18-10-16(23)22(17-12(19)5-3-6-13(17)20)15-9-8-11-4-1-2-7-14(11)21-15/h3,5-6,8-9H,1-2,4,7,10H2. The molecule has 120 valence electrons. The Labute approximate surface area is 137 Å². The number of halogens is 3. The van der Waals surface area contributed by atoms with Crippen LogP contribution in [0.4, 0.5) is 20.3 Å². The highest BCUT2D eigenvalue weighted by molar-refractivity contribution is 6.30. The van der Waals surface area contributed by atoms with E-state index in [0.29, 0.717) is 0 Å². The van der Waals surface area contributed by atoms with Crippen LogP contribution in [-0.4, -0.2) is 16.8 Å². The van der Waals surface area contributed by atoms with Crippen LogP contribution in [0.3, 0.4) is 0 Å². The third kappa shape index (κ3) is 3.06. The molecule has 1 aliphatic carbocycles. The number of aromatic nitrogens is 1. The highest BCUT2D eigenvalue weighted by Crippen LogP contribution is 2.31. The second-order valence-corrected chi connectivity index (χ2v) is 5.68. The zero-order chi connectivity index (χ0) is 16.4. The molecule has 1 amide bonds. The van der Waals surface area contributed by atoms with Crippen LogP contribution >= 0.6 is 11.6 Å². The van der Waals surface area contributed by atoms with E-state index in [1.807, 2.05) is 6.07 Å². The molecule has 0 spiro atoms. The van der Waals surface area contributed by atoms with Crippen molar-refractivity contribution in [2.24, 2.45) is 0 Å². The van der Waals surface area contributed by atoms with E-state index in [1.165, 1.54) is 6.07 Å². The summed E-state index contributed by atoms with van der Waals surface area (Å²) in [7, 11) is 0. The molecule has 0 aliphatic heterocycles. The fourth-order valence-electron chi connectivity index (χ4n) is 2.82. The number of para-hydroxylation sites is 1. The van der Waals surface area contributed by atoms with Crippen molar-refractivity contribution in [3.8, 4) is 0 Å². The summed E-state index contributed by atoms with van der Waals surface area (Å²) in [5.74, 6) is -2.49.